The van der Waals surface area contributed by atoms with Crippen LogP contribution in [0.1, 0.15) is 41.4 Å². The molecule has 2 heterocycles. The van der Waals surface area contributed by atoms with Crippen molar-refractivity contribution in [1.29, 1.82) is 0 Å². The molecule has 3 rings (SSSR count). The van der Waals surface area contributed by atoms with Crippen molar-refractivity contribution in [3.63, 3.8) is 0 Å². The molecular formula is C22H28N4O3. The summed E-state index contributed by atoms with van der Waals surface area (Å²) in [5, 5.41) is 6.38. The van der Waals surface area contributed by atoms with Gasteiger partial charge in [0.2, 0.25) is 0 Å². The third kappa shape index (κ3) is 5.47. The van der Waals surface area contributed by atoms with Gasteiger partial charge < -0.3 is 20.3 Å². The van der Waals surface area contributed by atoms with E-state index in [9.17, 15) is 9.59 Å². The lowest BCUT2D eigenvalue weighted by Gasteiger charge is -2.32. The molecular weight excluding hydrogens is 368 g/mol. The molecule has 1 aromatic heterocycles. The normalized spacial score (nSPS) is 14.4. The molecule has 1 aromatic carbocycles. The number of aromatic nitrogens is 1. The van der Waals surface area contributed by atoms with Gasteiger partial charge in [0.25, 0.3) is 5.91 Å². The van der Waals surface area contributed by atoms with E-state index in [0.29, 0.717) is 25.4 Å². The average molecular weight is 396 g/mol. The Kier molecular flexibility index (Phi) is 6.69. The number of nitrogens with one attached hydrogen (secondary N) is 2. The highest BCUT2D eigenvalue weighted by molar-refractivity contribution is 6.03. The van der Waals surface area contributed by atoms with Crippen LogP contribution in [0.2, 0.25) is 0 Å². The second-order valence-corrected chi connectivity index (χ2v) is 7.31. The molecule has 0 unspecified atom stereocenters. The first-order valence-corrected chi connectivity index (χ1v) is 9.99. The van der Waals surface area contributed by atoms with E-state index in [2.05, 4.69) is 15.6 Å². The zero-order valence-corrected chi connectivity index (χ0v) is 17.2. The van der Waals surface area contributed by atoms with Gasteiger partial charge in [-0.15, -0.1) is 0 Å². The lowest BCUT2D eigenvalue weighted by Crippen LogP contribution is -2.42. The maximum Gasteiger partial charge on any atom is 0.409 e. The first-order valence-electron chi connectivity index (χ1n) is 9.99. The number of hydrogen-bond acceptors (Lipinski definition) is 5. The maximum atomic E-state index is 12.6. The molecule has 1 aliphatic rings. The predicted octanol–water partition coefficient (Wildman–Crippen LogP) is 3.98. The van der Waals surface area contributed by atoms with Gasteiger partial charge in [0.1, 0.15) is 5.69 Å². The van der Waals surface area contributed by atoms with Gasteiger partial charge in [-0.1, -0.05) is 17.7 Å². The van der Waals surface area contributed by atoms with E-state index < -0.39 is 0 Å². The fourth-order valence-electron chi connectivity index (χ4n) is 3.44. The van der Waals surface area contributed by atoms with E-state index in [1.165, 1.54) is 0 Å². The monoisotopic (exact) mass is 396 g/mol. The Morgan fingerprint density at radius 2 is 1.93 bits per heavy atom. The fraction of sp³-hybridized carbons (Fsp3) is 0.409. The molecule has 0 aliphatic carbocycles. The van der Waals surface area contributed by atoms with Gasteiger partial charge in [-0.25, -0.2) is 4.79 Å². The summed E-state index contributed by atoms with van der Waals surface area (Å²) in [6.07, 6.45) is 3.03. The number of benzene rings is 1. The van der Waals surface area contributed by atoms with Crippen LogP contribution >= 0.6 is 0 Å². The minimum absolute atomic E-state index is 0.235. The van der Waals surface area contributed by atoms with Crippen LogP contribution in [0.25, 0.3) is 0 Å². The number of likely N-dealkylation sites (tertiary alicyclic amines) is 1. The summed E-state index contributed by atoms with van der Waals surface area (Å²) in [5.41, 5.74) is 4.16. The summed E-state index contributed by atoms with van der Waals surface area (Å²) >= 11 is 0. The SMILES string of the molecule is CCOC(=O)N1CCC(Nc2ccnc(C(=O)Nc3ccc(C)cc3C)c2)CC1. The molecule has 2 amide bonds. The molecule has 2 aromatic rings. The summed E-state index contributed by atoms with van der Waals surface area (Å²) in [6, 6.07) is 9.75. The van der Waals surface area contributed by atoms with Crippen LogP contribution in [0.5, 0.6) is 0 Å². The summed E-state index contributed by atoms with van der Waals surface area (Å²) in [7, 11) is 0. The van der Waals surface area contributed by atoms with Gasteiger partial charge in [0.05, 0.1) is 6.61 Å². The molecule has 0 saturated carbocycles. The van der Waals surface area contributed by atoms with Crippen LogP contribution in [0.3, 0.4) is 0 Å². The van der Waals surface area contributed by atoms with Crippen molar-refractivity contribution in [3.05, 3.63) is 53.3 Å². The second-order valence-electron chi connectivity index (χ2n) is 7.31. The Morgan fingerprint density at radius 1 is 1.17 bits per heavy atom. The zero-order chi connectivity index (χ0) is 20.8. The minimum Gasteiger partial charge on any atom is -0.450 e. The average Bonchev–Trinajstić information content (AvgIpc) is 2.71. The number of rotatable bonds is 5. The predicted molar refractivity (Wildman–Crippen MR) is 113 cm³/mol. The smallest absolute Gasteiger partial charge is 0.409 e. The number of pyridine rings is 1. The van der Waals surface area contributed by atoms with Crippen molar-refractivity contribution in [2.75, 3.05) is 30.3 Å². The lowest BCUT2D eigenvalue weighted by atomic mass is 10.1. The maximum absolute atomic E-state index is 12.6. The highest BCUT2D eigenvalue weighted by Crippen LogP contribution is 2.20. The fourth-order valence-corrected chi connectivity index (χ4v) is 3.44. The van der Waals surface area contributed by atoms with Gasteiger partial charge in [0.15, 0.2) is 0 Å². The molecule has 1 saturated heterocycles. The van der Waals surface area contributed by atoms with E-state index in [4.69, 9.17) is 4.74 Å². The number of amides is 2. The molecule has 0 spiro atoms. The van der Waals surface area contributed by atoms with E-state index >= 15 is 0 Å². The highest BCUT2D eigenvalue weighted by atomic mass is 16.6. The number of hydrogen-bond donors (Lipinski definition) is 2. The largest absolute Gasteiger partial charge is 0.450 e. The number of anilines is 2. The molecule has 29 heavy (non-hydrogen) atoms. The Balaban J connectivity index is 1.58. The summed E-state index contributed by atoms with van der Waals surface area (Å²) < 4.78 is 5.05. The van der Waals surface area contributed by atoms with Crippen LogP contribution in [0.15, 0.2) is 36.5 Å². The summed E-state index contributed by atoms with van der Waals surface area (Å²) in [6.45, 7) is 7.50. The van der Waals surface area contributed by atoms with Gasteiger partial charge in [-0.3, -0.25) is 9.78 Å². The van der Waals surface area contributed by atoms with Gasteiger partial charge in [-0.2, -0.15) is 0 Å². The molecule has 0 bridgehead atoms. The van der Waals surface area contributed by atoms with Crippen LogP contribution in [-0.2, 0) is 4.74 Å². The molecule has 7 heteroatoms. The van der Waals surface area contributed by atoms with Crippen LogP contribution in [0, 0.1) is 13.8 Å². The zero-order valence-electron chi connectivity index (χ0n) is 17.2. The van der Waals surface area contributed by atoms with Crippen molar-refractivity contribution < 1.29 is 14.3 Å². The van der Waals surface area contributed by atoms with Gasteiger partial charge in [-0.05, 0) is 57.4 Å². The Morgan fingerprint density at radius 3 is 2.62 bits per heavy atom. The van der Waals surface area contributed by atoms with Crippen molar-refractivity contribution in [3.8, 4) is 0 Å². The highest BCUT2D eigenvalue weighted by Gasteiger charge is 2.23. The third-order valence-corrected chi connectivity index (χ3v) is 5.01. The minimum atomic E-state index is -0.250. The third-order valence-electron chi connectivity index (χ3n) is 5.01. The van der Waals surface area contributed by atoms with Crippen LogP contribution in [-0.4, -0.2) is 47.6 Å². The van der Waals surface area contributed by atoms with Crippen molar-refractivity contribution in [2.24, 2.45) is 0 Å². The van der Waals surface area contributed by atoms with E-state index in [1.807, 2.05) is 45.0 Å². The number of ether oxygens (including phenoxy) is 1. The number of nitrogens with zero attached hydrogens (tertiary/aromatic N) is 2. The van der Waals surface area contributed by atoms with E-state index in [1.54, 1.807) is 17.2 Å². The lowest BCUT2D eigenvalue weighted by molar-refractivity contribution is 0.0981. The Labute approximate surface area is 171 Å². The topological polar surface area (TPSA) is 83.6 Å². The van der Waals surface area contributed by atoms with Crippen LogP contribution in [0.4, 0.5) is 16.2 Å². The standard InChI is InChI=1S/C22H28N4O3/c1-4-29-22(28)26-11-8-17(9-12-26)24-18-7-10-23-20(14-18)21(27)25-19-6-5-15(2)13-16(19)3/h5-7,10,13-14,17H,4,8-9,11-12H2,1-3H3,(H,23,24)(H,25,27). The van der Waals surface area contributed by atoms with Crippen LogP contribution < -0.4 is 10.6 Å². The van der Waals surface area contributed by atoms with E-state index in [0.717, 1.165) is 35.3 Å². The molecule has 0 radical (unpaired) electrons. The molecule has 1 aliphatic heterocycles. The number of piperidine rings is 1. The van der Waals surface area contributed by atoms with Crippen molar-refractivity contribution in [2.45, 2.75) is 39.7 Å². The number of carbonyl (C=O) groups is 2. The van der Waals surface area contributed by atoms with Gasteiger partial charge in [0, 0.05) is 36.7 Å². The Hall–Kier alpha value is -3.09. The van der Waals surface area contributed by atoms with Crippen molar-refractivity contribution in [1.82, 2.24) is 9.88 Å². The van der Waals surface area contributed by atoms with E-state index in [-0.39, 0.29) is 18.0 Å². The molecule has 2 N–H and O–H groups in total. The second kappa shape index (κ2) is 9.41. The molecule has 1 fully saturated rings. The molecule has 154 valence electrons. The quantitative estimate of drug-likeness (QED) is 0.799. The first kappa shape index (κ1) is 20.6. The van der Waals surface area contributed by atoms with Crippen molar-refractivity contribution >= 4 is 23.4 Å². The summed E-state index contributed by atoms with van der Waals surface area (Å²) in [4.78, 5) is 30.4. The molecule has 0 atom stereocenters. The number of carbonyl (C=O) groups excluding carboxylic acids is 2. The van der Waals surface area contributed by atoms with Gasteiger partial charge >= 0.3 is 6.09 Å². The Bertz CT molecular complexity index is 876. The molecule has 7 nitrogen and oxygen atoms in total. The summed E-state index contributed by atoms with van der Waals surface area (Å²) in [5.74, 6) is -0.238. The number of aryl methyl sites for hydroxylation is 2. The first-order chi connectivity index (χ1) is 14.0.